The first-order valence-electron chi connectivity index (χ1n) is 4.91. The van der Waals surface area contributed by atoms with Gasteiger partial charge in [-0.1, -0.05) is 29.2 Å². The van der Waals surface area contributed by atoms with Gasteiger partial charge in [-0.05, 0) is 6.07 Å². The van der Waals surface area contributed by atoms with E-state index >= 15 is 0 Å². The smallest absolute Gasteiger partial charge is 0.203 e. The molecule has 0 amide bonds. The third-order valence-corrected chi connectivity index (χ3v) is 4.07. The molecule has 0 fully saturated rings. The monoisotopic (exact) mass is 289 g/mol. The summed E-state index contributed by atoms with van der Waals surface area (Å²) in [6.45, 7) is 0. The minimum absolute atomic E-state index is 0.0568. The van der Waals surface area contributed by atoms with Gasteiger partial charge in [-0.2, -0.15) is 0 Å². The molecule has 1 unspecified atom stereocenters. The first kappa shape index (κ1) is 13.2. The third kappa shape index (κ3) is 3.15. The molecule has 3 N–H and O–H groups in total. The summed E-state index contributed by atoms with van der Waals surface area (Å²) in [6.07, 6.45) is -1.04. The fourth-order valence-electron chi connectivity index (χ4n) is 1.29. The number of hydrogen-bond donors (Lipinski definition) is 2. The lowest BCUT2D eigenvalue weighted by molar-refractivity contribution is 0.198. The van der Waals surface area contributed by atoms with E-state index in [9.17, 15) is 13.9 Å². The van der Waals surface area contributed by atoms with Gasteiger partial charge in [-0.25, -0.2) is 8.78 Å². The molecule has 1 heterocycles. The van der Waals surface area contributed by atoms with Crippen LogP contribution in [0.1, 0.15) is 11.7 Å². The van der Waals surface area contributed by atoms with Gasteiger partial charge in [0.15, 0.2) is 4.34 Å². The molecule has 2 rings (SSSR count). The highest BCUT2D eigenvalue weighted by atomic mass is 32.2. The second-order valence-corrected chi connectivity index (χ2v) is 5.68. The molecule has 4 nitrogen and oxygen atoms in total. The van der Waals surface area contributed by atoms with E-state index in [1.165, 1.54) is 29.2 Å². The maximum Gasteiger partial charge on any atom is 0.203 e. The number of anilines is 1. The molecular formula is C10H9F2N3OS2. The molecule has 0 radical (unpaired) electrons. The highest BCUT2D eigenvalue weighted by Crippen LogP contribution is 2.28. The number of halogens is 2. The Morgan fingerprint density at radius 3 is 2.78 bits per heavy atom. The van der Waals surface area contributed by atoms with E-state index in [2.05, 4.69) is 10.2 Å². The average Bonchev–Trinajstić information content (AvgIpc) is 2.72. The number of rotatable bonds is 4. The zero-order chi connectivity index (χ0) is 13.1. The molecule has 1 atom stereocenters. The van der Waals surface area contributed by atoms with Crippen LogP contribution in [0.25, 0.3) is 0 Å². The number of benzene rings is 1. The number of aliphatic hydroxyl groups is 1. The van der Waals surface area contributed by atoms with Crippen LogP contribution in [0.4, 0.5) is 13.9 Å². The van der Waals surface area contributed by atoms with Gasteiger partial charge in [0.25, 0.3) is 0 Å². The fourth-order valence-corrected chi connectivity index (χ4v) is 2.91. The molecule has 0 aliphatic rings. The van der Waals surface area contributed by atoms with Crippen LogP contribution < -0.4 is 5.73 Å². The third-order valence-electron chi connectivity index (χ3n) is 2.11. The molecule has 0 aliphatic carbocycles. The van der Waals surface area contributed by atoms with E-state index in [4.69, 9.17) is 5.73 Å². The molecule has 0 aliphatic heterocycles. The standard InChI is InChI=1S/C10H9F2N3OS2/c11-5-1-2-6(7(12)3-5)8(16)4-17-10-15-14-9(13)18-10/h1-3,8,16H,4H2,(H2,13,14). The van der Waals surface area contributed by atoms with Crippen molar-refractivity contribution in [1.29, 1.82) is 0 Å². The van der Waals surface area contributed by atoms with Gasteiger partial charge in [0, 0.05) is 17.4 Å². The normalized spacial score (nSPS) is 12.6. The van der Waals surface area contributed by atoms with E-state index < -0.39 is 17.7 Å². The summed E-state index contributed by atoms with van der Waals surface area (Å²) in [6, 6.07) is 3.08. The zero-order valence-electron chi connectivity index (χ0n) is 9.01. The molecule has 0 saturated heterocycles. The summed E-state index contributed by atoms with van der Waals surface area (Å²) in [7, 11) is 0. The van der Waals surface area contributed by atoms with Gasteiger partial charge in [-0.3, -0.25) is 0 Å². The van der Waals surface area contributed by atoms with Crippen molar-refractivity contribution in [3.8, 4) is 0 Å². The lowest BCUT2D eigenvalue weighted by Crippen LogP contribution is -2.03. The number of aliphatic hydroxyl groups excluding tert-OH is 1. The zero-order valence-corrected chi connectivity index (χ0v) is 10.6. The largest absolute Gasteiger partial charge is 0.387 e. The summed E-state index contributed by atoms with van der Waals surface area (Å²) < 4.78 is 26.7. The van der Waals surface area contributed by atoms with Crippen molar-refractivity contribution < 1.29 is 13.9 Å². The number of nitrogen functional groups attached to an aromatic ring is 1. The van der Waals surface area contributed by atoms with Crippen LogP contribution in [0.2, 0.25) is 0 Å². The average molecular weight is 289 g/mol. The fraction of sp³-hybridized carbons (Fsp3) is 0.200. The lowest BCUT2D eigenvalue weighted by Gasteiger charge is -2.10. The highest BCUT2D eigenvalue weighted by molar-refractivity contribution is 8.01. The maximum atomic E-state index is 13.4. The van der Waals surface area contributed by atoms with E-state index in [0.29, 0.717) is 9.47 Å². The molecule has 0 spiro atoms. The first-order chi connectivity index (χ1) is 8.56. The maximum absolute atomic E-state index is 13.4. The van der Waals surface area contributed by atoms with Crippen LogP contribution in [0.3, 0.4) is 0 Å². The van der Waals surface area contributed by atoms with Crippen molar-refractivity contribution in [3.63, 3.8) is 0 Å². The van der Waals surface area contributed by atoms with Gasteiger partial charge in [-0.15, -0.1) is 10.2 Å². The Morgan fingerprint density at radius 2 is 2.17 bits per heavy atom. The van der Waals surface area contributed by atoms with Gasteiger partial charge < -0.3 is 10.8 Å². The van der Waals surface area contributed by atoms with Crippen molar-refractivity contribution in [3.05, 3.63) is 35.4 Å². The van der Waals surface area contributed by atoms with Gasteiger partial charge in [0.2, 0.25) is 5.13 Å². The number of aromatic nitrogens is 2. The topological polar surface area (TPSA) is 72.0 Å². The second kappa shape index (κ2) is 5.59. The quantitative estimate of drug-likeness (QED) is 0.844. The Balaban J connectivity index is 2.01. The number of hydrogen-bond acceptors (Lipinski definition) is 6. The van der Waals surface area contributed by atoms with Crippen molar-refractivity contribution >= 4 is 28.2 Å². The highest BCUT2D eigenvalue weighted by Gasteiger charge is 2.15. The summed E-state index contributed by atoms with van der Waals surface area (Å²) in [5.74, 6) is -1.25. The molecule has 96 valence electrons. The van der Waals surface area contributed by atoms with Gasteiger partial charge in [0.05, 0.1) is 6.10 Å². The van der Waals surface area contributed by atoms with Crippen LogP contribution in [-0.2, 0) is 0 Å². The number of thioether (sulfide) groups is 1. The van der Waals surface area contributed by atoms with Crippen molar-refractivity contribution in [2.75, 3.05) is 11.5 Å². The summed E-state index contributed by atoms with van der Waals surface area (Å²) in [4.78, 5) is 0. The Morgan fingerprint density at radius 1 is 1.39 bits per heavy atom. The molecule has 1 aromatic carbocycles. The lowest BCUT2D eigenvalue weighted by atomic mass is 10.1. The van der Waals surface area contributed by atoms with E-state index in [1.807, 2.05) is 0 Å². The predicted molar refractivity (Wildman–Crippen MR) is 66.4 cm³/mol. The number of nitrogens with zero attached hydrogens (tertiary/aromatic N) is 2. The van der Waals surface area contributed by atoms with Crippen LogP contribution in [-0.4, -0.2) is 21.1 Å². The molecule has 2 aromatic rings. The van der Waals surface area contributed by atoms with Gasteiger partial charge in [0.1, 0.15) is 11.6 Å². The van der Waals surface area contributed by atoms with E-state index in [0.717, 1.165) is 12.1 Å². The van der Waals surface area contributed by atoms with Crippen molar-refractivity contribution in [1.82, 2.24) is 10.2 Å². The van der Waals surface area contributed by atoms with Crippen LogP contribution >= 0.6 is 23.1 Å². The SMILES string of the molecule is Nc1nnc(SCC(O)c2ccc(F)cc2F)s1. The number of nitrogens with two attached hydrogens (primary N) is 1. The summed E-state index contributed by atoms with van der Waals surface area (Å²) in [5, 5.41) is 17.5. The Hall–Kier alpha value is -1.25. The first-order valence-corrected chi connectivity index (χ1v) is 6.71. The molecular weight excluding hydrogens is 280 g/mol. The van der Waals surface area contributed by atoms with E-state index in [-0.39, 0.29) is 11.3 Å². The minimum Gasteiger partial charge on any atom is -0.387 e. The molecule has 18 heavy (non-hydrogen) atoms. The summed E-state index contributed by atoms with van der Waals surface area (Å²) in [5.41, 5.74) is 5.46. The Bertz CT molecular complexity index is 550. The second-order valence-electron chi connectivity index (χ2n) is 3.40. The molecule has 1 aromatic heterocycles. The minimum atomic E-state index is -1.04. The van der Waals surface area contributed by atoms with Crippen LogP contribution in [0.5, 0.6) is 0 Å². The Labute approximate surface area is 110 Å². The molecule has 8 heteroatoms. The molecule has 0 saturated carbocycles. The van der Waals surface area contributed by atoms with Gasteiger partial charge >= 0.3 is 0 Å². The van der Waals surface area contributed by atoms with Crippen LogP contribution in [0, 0.1) is 11.6 Å². The van der Waals surface area contributed by atoms with Crippen molar-refractivity contribution in [2.24, 2.45) is 0 Å². The summed E-state index contributed by atoms with van der Waals surface area (Å²) >= 11 is 2.40. The Kier molecular flexibility index (Phi) is 4.10. The van der Waals surface area contributed by atoms with Crippen molar-refractivity contribution in [2.45, 2.75) is 10.4 Å². The van der Waals surface area contributed by atoms with E-state index in [1.54, 1.807) is 0 Å². The van der Waals surface area contributed by atoms with Crippen LogP contribution in [0.15, 0.2) is 22.5 Å². The molecule has 0 bridgehead atoms. The predicted octanol–water partition coefficient (Wildman–Crippen LogP) is 2.22.